The third kappa shape index (κ3) is 5.63. The Hall–Kier alpha value is -3.82. The van der Waals surface area contributed by atoms with Crippen LogP contribution in [0.1, 0.15) is 51.0 Å². The van der Waals surface area contributed by atoms with Gasteiger partial charge >= 0.3 is 0 Å². The number of halogens is 1. The fraction of sp³-hybridized carbons (Fsp3) is 0.300. The van der Waals surface area contributed by atoms with Crippen LogP contribution in [0.25, 0.3) is 33.3 Å². The van der Waals surface area contributed by atoms with Crippen LogP contribution in [0.5, 0.6) is 11.6 Å². The summed E-state index contributed by atoms with van der Waals surface area (Å²) in [6, 6.07) is 18.1. The van der Waals surface area contributed by atoms with E-state index in [1.54, 1.807) is 55.6 Å². The Balaban J connectivity index is 1.82. The number of aryl methyl sites for hydroxylation is 1. The minimum absolute atomic E-state index is 0.0605. The summed E-state index contributed by atoms with van der Waals surface area (Å²) in [6.45, 7) is 2.59. The summed E-state index contributed by atoms with van der Waals surface area (Å²) in [6.07, 6.45) is 6.59. The maximum atomic E-state index is 13.4. The maximum absolute atomic E-state index is 13.4. The highest BCUT2D eigenvalue weighted by Crippen LogP contribution is 2.37. The van der Waals surface area contributed by atoms with Gasteiger partial charge in [-0.2, -0.15) is 5.26 Å². The minimum atomic E-state index is -0.391. The largest absolute Gasteiger partial charge is 0.506 e. The molecule has 0 bridgehead atoms. The van der Waals surface area contributed by atoms with Crippen molar-refractivity contribution in [2.24, 2.45) is 7.05 Å². The molecule has 0 unspecified atom stereocenters. The van der Waals surface area contributed by atoms with Gasteiger partial charge in [0.15, 0.2) is 0 Å². The van der Waals surface area contributed by atoms with Gasteiger partial charge in [0.2, 0.25) is 5.88 Å². The molecule has 0 saturated heterocycles. The summed E-state index contributed by atoms with van der Waals surface area (Å²) < 4.78 is 7.52. The Bertz CT molecular complexity index is 1500. The normalized spacial score (nSPS) is 11.0. The van der Waals surface area contributed by atoms with Gasteiger partial charge in [0.05, 0.1) is 17.8 Å². The SMILES string of the molecule is CCCCCCCCOc1nc(-c2c(O)c3ccccc3n(C)c2=O)cc(-c2ccc(Cl)cc2)c1C#N. The van der Waals surface area contributed by atoms with Crippen molar-refractivity contribution in [1.82, 2.24) is 9.55 Å². The molecule has 0 atom stereocenters. The van der Waals surface area contributed by atoms with E-state index in [9.17, 15) is 15.2 Å². The van der Waals surface area contributed by atoms with Crippen LogP contribution in [0, 0.1) is 11.3 Å². The summed E-state index contributed by atoms with van der Waals surface area (Å²) >= 11 is 6.10. The van der Waals surface area contributed by atoms with E-state index in [0.717, 1.165) is 24.8 Å². The molecule has 0 saturated carbocycles. The van der Waals surface area contributed by atoms with Crippen molar-refractivity contribution < 1.29 is 9.84 Å². The van der Waals surface area contributed by atoms with Crippen molar-refractivity contribution in [2.45, 2.75) is 45.4 Å². The molecule has 0 radical (unpaired) electrons. The molecule has 0 aliphatic heterocycles. The number of benzene rings is 2. The van der Waals surface area contributed by atoms with Crippen molar-refractivity contribution in [3.05, 3.63) is 75.5 Å². The highest BCUT2D eigenvalue weighted by atomic mass is 35.5. The predicted octanol–water partition coefficient (Wildman–Crippen LogP) is 7.24. The first-order valence-electron chi connectivity index (χ1n) is 12.6. The summed E-state index contributed by atoms with van der Waals surface area (Å²) in [5, 5.41) is 22.3. The van der Waals surface area contributed by atoms with Crippen LogP contribution in [0.15, 0.2) is 59.4 Å². The first-order chi connectivity index (χ1) is 18.0. The average molecular weight is 516 g/mol. The summed E-state index contributed by atoms with van der Waals surface area (Å²) in [4.78, 5) is 18.0. The predicted molar refractivity (Wildman–Crippen MR) is 148 cm³/mol. The molecular weight excluding hydrogens is 486 g/mol. The zero-order valence-electron chi connectivity index (χ0n) is 21.1. The molecule has 190 valence electrons. The fourth-order valence-electron chi connectivity index (χ4n) is 4.48. The molecule has 1 N–H and O–H groups in total. The monoisotopic (exact) mass is 515 g/mol. The number of hydrogen-bond acceptors (Lipinski definition) is 5. The summed E-state index contributed by atoms with van der Waals surface area (Å²) in [7, 11) is 1.66. The Morgan fingerprint density at radius 3 is 2.49 bits per heavy atom. The summed E-state index contributed by atoms with van der Waals surface area (Å²) in [5.74, 6) is -0.00652. The number of rotatable bonds is 10. The molecule has 4 rings (SSSR count). The van der Waals surface area contributed by atoms with Gasteiger partial charge in [-0.3, -0.25) is 4.79 Å². The van der Waals surface area contributed by atoms with Crippen LogP contribution in [0.2, 0.25) is 5.02 Å². The van der Waals surface area contributed by atoms with Crippen LogP contribution >= 0.6 is 11.6 Å². The molecule has 2 aromatic heterocycles. The summed E-state index contributed by atoms with van der Waals surface area (Å²) in [5.41, 5.74) is 2.07. The van der Waals surface area contributed by atoms with Crippen molar-refractivity contribution in [2.75, 3.05) is 6.61 Å². The molecule has 2 heterocycles. The van der Waals surface area contributed by atoms with Crippen LogP contribution in [-0.4, -0.2) is 21.3 Å². The van der Waals surface area contributed by atoms with E-state index in [1.165, 1.54) is 23.8 Å². The molecule has 0 spiro atoms. The number of pyridine rings is 2. The number of hydrogen-bond donors (Lipinski definition) is 1. The second kappa shape index (κ2) is 11.9. The lowest BCUT2D eigenvalue weighted by atomic mass is 9.98. The van der Waals surface area contributed by atoms with E-state index in [0.29, 0.717) is 28.1 Å². The van der Waals surface area contributed by atoms with Crippen LogP contribution in [-0.2, 0) is 7.05 Å². The number of para-hydroxylation sites is 1. The second-order valence-electron chi connectivity index (χ2n) is 9.08. The van der Waals surface area contributed by atoms with Crippen LogP contribution in [0.4, 0.5) is 0 Å². The van der Waals surface area contributed by atoms with Gasteiger partial charge < -0.3 is 14.4 Å². The zero-order chi connectivity index (χ0) is 26.4. The molecule has 0 fully saturated rings. The lowest BCUT2D eigenvalue weighted by Crippen LogP contribution is -2.20. The second-order valence-corrected chi connectivity index (χ2v) is 9.51. The van der Waals surface area contributed by atoms with E-state index in [2.05, 4.69) is 18.0 Å². The number of fused-ring (bicyclic) bond motifs is 1. The third-order valence-electron chi connectivity index (χ3n) is 6.52. The average Bonchev–Trinajstić information content (AvgIpc) is 2.91. The topological polar surface area (TPSA) is 88.1 Å². The minimum Gasteiger partial charge on any atom is -0.506 e. The van der Waals surface area contributed by atoms with Crippen molar-refractivity contribution in [3.63, 3.8) is 0 Å². The first kappa shape index (κ1) is 26.2. The maximum Gasteiger partial charge on any atom is 0.264 e. The smallest absolute Gasteiger partial charge is 0.264 e. The van der Waals surface area contributed by atoms with Crippen LogP contribution < -0.4 is 10.3 Å². The van der Waals surface area contributed by atoms with Crippen molar-refractivity contribution in [1.29, 1.82) is 5.26 Å². The van der Waals surface area contributed by atoms with Gasteiger partial charge in [0.25, 0.3) is 5.56 Å². The molecule has 4 aromatic rings. The van der Waals surface area contributed by atoms with Crippen LogP contribution in [0.3, 0.4) is 0 Å². The highest BCUT2D eigenvalue weighted by Gasteiger charge is 2.22. The fourth-order valence-corrected chi connectivity index (χ4v) is 4.61. The lowest BCUT2D eigenvalue weighted by molar-refractivity contribution is 0.293. The lowest BCUT2D eigenvalue weighted by Gasteiger charge is -2.16. The zero-order valence-corrected chi connectivity index (χ0v) is 21.9. The standard InChI is InChI=1S/C30H30ClN3O3/c1-3-4-5-6-7-10-17-37-29-24(19-32)23(20-13-15-21(31)16-14-20)18-25(33-29)27-28(35)22-11-8-9-12-26(22)34(2)30(27)36/h8-9,11-16,18,35H,3-7,10,17H2,1-2H3. The quantitative estimate of drug-likeness (QED) is 0.225. The van der Waals surface area contributed by atoms with E-state index in [4.69, 9.17) is 16.3 Å². The Morgan fingerprint density at radius 1 is 1.05 bits per heavy atom. The van der Waals surface area contributed by atoms with Gasteiger partial charge in [-0.05, 0) is 42.3 Å². The van der Waals surface area contributed by atoms with Gasteiger partial charge in [0.1, 0.15) is 22.9 Å². The van der Waals surface area contributed by atoms with Crippen molar-refractivity contribution in [3.8, 4) is 40.1 Å². The number of unbranched alkanes of at least 4 members (excludes halogenated alkanes) is 5. The molecule has 0 aliphatic rings. The Morgan fingerprint density at radius 2 is 1.76 bits per heavy atom. The highest BCUT2D eigenvalue weighted by molar-refractivity contribution is 6.30. The number of ether oxygens (including phenoxy) is 1. The Labute approximate surface area is 221 Å². The van der Waals surface area contributed by atoms with E-state index < -0.39 is 5.56 Å². The molecule has 2 aromatic carbocycles. The Kier molecular flexibility index (Phi) is 8.47. The molecule has 7 heteroatoms. The molecular formula is C30H30ClN3O3. The molecule has 37 heavy (non-hydrogen) atoms. The third-order valence-corrected chi connectivity index (χ3v) is 6.77. The van der Waals surface area contributed by atoms with Gasteiger partial charge in [-0.1, -0.05) is 74.9 Å². The number of nitrogens with zero attached hydrogens (tertiary/aromatic N) is 3. The van der Waals surface area contributed by atoms with Crippen molar-refractivity contribution >= 4 is 22.5 Å². The van der Waals surface area contributed by atoms with E-state index in [-0.39, 0.29) is 28.5 Å². The van der Waals surface area contributed by atoms with Gasteiger partial charge in [0, 0.05) is 23.0 Å². The van der Waals surface area contributed by atoms with E-state index >= 15 is 0 Å². The number of aromatic nitrogens is 2. The number of nitriles is 1. The van der Waals surface area contributed by atoms with Gasteiger partial charge in [-0.25, -0.2) is 4.98 Å². The van der Waals surface area contributed by atoms with Gasteiger partial charge in [-0.15, -0.1) is 0 Å². The van der Waals surface area contributed by atoms with E-state index in [1.807, 2.05) is 6.07 Å². The number of aromatic hydroxyl groups is 1. The molecule has 0 aliphatic carbocycles. The molecule has 6 nitrogen and oxygen atoms in total. The first-order valence-corrected chi connectivity index (χ1v) is 13.0. The molecule has 0 amide bonds.